The van der Waals surface area contributed by atoms with Gasteiger partial charge in [-0.25, -0.2) is 0 Å². The summed E-state index contributed by atoms with van der Waals surface area (Å²) in [6.45, 7) is 5.01. The molecule has 2 aromatic carbocycles. The minimum Gasteiger partial charge on any atom is -0.665 e. The van der Waals surface area contributed by atoms with Gasteiger partial charge in [-0.15, -0.1) is 55.7 Å². The first-order valence-corrected chi connectivity index (χ1v) is 20.5. The van der Waals surface area contributed by atoms with Gasteiger partial charge in [0.1, 0.15) is 5.75 Å². The van der Waals surface area contributed by atoms with Crippen molar-refractivity contribution in [2.24, 2.45) is 0 Å². The van der Waals surface area contributed by atoms with E-state index in [9.17, 15) is 0 Å². The molecule has 0 N–H and O–H groups in total. The van der Waals surface area contributed by atoms with E-state index in [-0.39, 0.29) is 19.5 Å². The molecular weight excluding hydrogens is 756 g/mol. The van der Waals surface area contributed by atoms with Gasteiger partial charge in [-0.05, 0) is 53.8 Å². The number of allylic oxidation sites excluding steroid dienone is 2. The maximum absolute atomic E-state index is 5.92. The van der Waals surface area contributed by atoms with Gasteiger partial charge in [0, 0.05) is 25.8 Å². The molecular formula is C45H61N7ORu. The van der Waals surface area contributed by atoms with Crippen molar-refractivity contribution < 1.29 is 24.2 Å². The number of ether oxygens (including phenoxy) is 1. The molecule has 0 spiro atoms. The van der Waals surface area contributed by atoms with E-state index in [4.69, 9.17) is 4.74 Å². The van der Waals surface area contributed by atoms with Gasteiger partial charge in [-0.3, -0.25) is 0 Å². The molecule has 2 aromatic rings. The molecule has 290 valence electrons. The van der Waals surface area contributed by atoms with Crippen molar-refractivity contribution >= 4 is 28.7 Å². The van der Waals surface area contributed by atoms with E-state index in [1.165, 1.54) is 68.6 Å². The number of unbranched alkanes of at least 4 members (excludes halogenated alkanes) is 2. The molecule has 3 saturated heterocycles. The zero-order chi connectivity index (χ0) is 36.5. The van der Waals surface area contributed by atoms with E-state index < -0.39 is 0 Å². The molecule has 4 atom stereocenters. The van der Waals surface area contributed by atoms with Crippen LogP contribution >= 0.6 is 0 Å². The summed E-state index contributed by atoms with van der Waals surface area (Å²) in [5.74, 6) is 0.940. The average molecular weight is 817 g/mol. The Morgan fingerprint density at radius 2 is 1.44 bits per heavy atom. The Morgan fingerprint density at radius 3 is 2.11 bits per heavy atom. The Bertz CT molecular complexity index is 1600. The first kappa shape index (κ1) is 42.2. The van der Waals surface area contributed by atoms with Gasteiger partial charge < -0.3 is 41.5 Å². The largest absolute Gasteiger partial charge is 6.00 e. The van der Waals surface area contributed by atoms with E-state index in [0.717, 1.165) is 92.9 Å². The molecule has 4 unspecified atom stereocenters. The van der Waals surface area contributed by atoms with Crippen molar-refractivity contribution in [3.63, 3.8) is 0 Å². The topological polar surface area (TPSA) is 97.1 Å². The summed E-state index contributed by atoms with van der Waals surface area (Å²) in [6.07, 6.45) is 31.8. The van der Waals surface area contributed by atoms with Gasteiger partial charge in [-0.1, -0.05) is 107 Å². The standard InChI is InChI=1S/C25H27N3O.C10H18N2.C10H16N2.Ru/c1-28(2)21-10-6-11-22(18-21)29-17-5-3-4-8-19-14-16-27-25-23(19)13-12-20-9-7-15-26-24(20)25;2*1-3-7-11-9(5-1)10-6-2-4-8-12-10;/h6-7,9-16,18H,3-5,8,17H2,1-2H3;9-10H,1-8H2;1,5,9-10H,2-4,6-8H2;/q3*-2;+6. The molecule has 0 bridgehead atoms. The molecule has 8 rings (SSSR count). The first-order chi connectivity index (χ1) is 26.2. The summed E-state index contributed by atoms with van der Waals surface area (Å²) in [6, 6.07) is 14.7. The van der Waals surface area contributed by atoms with Gasteiger partial charge in [0.05, 0.1) is 6.61 Å². The van der Waals surface area contributed by atoms with E-state index in [2.05, 4.69) is 85.4 Å². The fraction of sp³-hybridized carbons (Fsp3) is 0.556. The van der Waals surface area contributed by atoms with Crippen molar-refractivity contribution in [1.29, 1.82) is 0 Å². The minimum atomic E-state index is 0. The summed E-state index contributed by atoms with van der Waals surface area (Å²) < 4.78 is 5.92. The molecule has 3 fully saturated rings. The van der Waals surface area contributed by atoms with Crippen LogP contribution in [-0.4, -0.2) is 71.0 Å². The Balaban J connectivity index is 0.000000184. The van der Waals surface area contributed by atoms with Crippen LogP contribution in [0.3, 0.4) is 0 Å². The third kappa shape index (κ3) is 12.8. The molecule has 0 saturated carbocycles. The summed E-state index contributed by atoms with van der Waals surface area (Å²) in [5, 5.41) is 30.0. The molecule has 0 aliphatic carbocycles. The summed E-state index contributed by atoms with van der Waals surface area (Å²) in [4.78, 5) is 2.09. The Hall–Kier alpha value is -2.94. The van der Waals surface area contributed by atoms with E-state index in [0.29, 0.717) is 24.2 Å². The normalized spacial score (nSPS) is 23.9. The smallest absolute Gasteiger partial charge is 0.665 e. The zero-order valence-electron chi connectivity index (χ0n) is 32.6. The van der Waals surface area contributed by atoms with Crippen molar-refractivity contribution in [3.8, 4) is 5.75 Å². The Kier molecular flexibility index (Phi) is 18.1. The third-order valence-corrected chi connectivity index (χ3v) is 10.9. The van der Waals surface area contributed by atoms with E-state index in [1.807, 2.05) is 44.7 Å². The predicted molar refractivity (Wildman–Crippen MR) is 226 cm³/mol. The van der Waals surface area contributed by atoms with Crippen LogP contribution < -0.4 is 20.1 Å². The van der Waals surface area contributed by atoms with Crippen LogP contribution in [0.25, 0.3) is 43.5 Å². The Morgan fingerprint density at radius 1 is 0.722 bits per heavy atom. The van der Waals surface area contributed by atoms with Gasteiger partial charge in [0.25, 0.3) is 0 Å². The number of hydrogen-bond donors (Lipinski definition) is 0. The van der Waals surface area contributed by atoms with Crippen LogP contribution in [-0.2, 0) is 19.5 Å². The molecule has 6 aliphatic rings. The number of fused-ring (bicyclic) bond motifs is 3. The SMILES string of the molecule is C1=CC(C2CCCC[N-]2)[N-]CC1.C1CCC(C2CCCC[N-]2)[N-]C1.CN(C)c1cccc(OCCCCCC2=c3ccc4c(c3[N-]C=C2)[N-]C=CC=4)c1.[Ru+6]. The van der Waals surface area contributed by atoms with Gasteiger partial charge in [-0.2, -0.15) is 24.5 Å². The summed E-state index contributed by atoms with van der Waals surface area (Å²) in [7, 11) is 4.08. The van der Waals surface area contributed by atoms with Crippen LogP contribution in [0.1, 0.15) is 89.9 Å². The zero-order valence-corrected chi connectivity index (χ0v) is 34.4. The first-order valence-electron chi connectivity index (χ1n) is 20.5. The summed E-state index contributed by atoms with van der Waals surface area (Å²) in [5.41, 5.74) is 4.50. The third-order valence-electron chi connectivity index (χ3n) is 10.9. The van der Waals surface area contributed by atoms with E-state index >= 15 is 0 Å². The number of anilines is 1. The molecule has 6 aliphatic heterocycles. The van der Waals surface area contributed by atoms with Crippen molar-refractivity contribution in [3.05, 3.63) is 115 Å². The monoisotopic (exact) mass is 817 g/mol. The van der Waals surface area contributed by atoms with Crippen molar-refractivity contribution in [1.82, 2.24) is 0 Å². The molecule has 6 heterocycles. The van der Waals surface area contributed by atoms with Gasteiger partial charge in [0.15, 0.2) is 0 Å². The second-order valence-corrected chi connectivity index (χ2v) is 15.1. The molecule has 54 heavy (non-hydrogen) atoms. The van der Waals surface area contributed by atoms with Crippen LogP contribution in [0.5, 0.6) is 5.75 Å². The quantitative estimate of drug-likeness (QED) is 0.136. The van der Waals surface area contributed by atoms with Gasteiger partial charge >= 0.3 is 19.5 Å². The second kappa shape index (κ2) is 23.2. The van der Waals surface area contributed by atoms with Crippen molar-refractivity contribution in [2.45, 2.75) is 114 Å². The van der Waals surface area contributed by atoms with Crippen LogP contribution in [0.2, 0.25) is 0 Å². The number of hydrogen-bond acceptors (Lipinski definition) is 2. The molecule has 0 aromatic heterocycles. The van der Waals surface area contributed by atoms with Crippen molar-refractivity contribution in [2.75, 3.05) is 51.8 Å². The second-order valence-electron chi connectivity index (χ2n) is 15.1. The molecule has 0 amide bonds. The fourth-order valence-electron chi connectivity index (χ4n) is 7.86. The number of benzene rings is 2. The number of piperidine rings is 3. The summed E-state index contributed by atoms with van der Waals surface area (Å²) >= 11 is 0. The van der Waals surface area contributed by atoms with Crippen LogP contribution in [0.15, 0.2) is 73.1 Å². The molecule has 8 nitrogen and oxygen atoms in total. The predicted octanol–water partition coefficient (Wildman–Crippen LogP) is 10.8. The molecule has 0 radical (unpaired) electrons. The van der Waals surface area contributed by atoms with Crippen LogP contribution in [0.4, 0.5) is 17.1 Å². The Labute approximate surface area is 338 Å². The maximum atomic E-state index is 5.92. The molecule has 9 heteroatoms. The maximum Gasteiger partial charge on any atom is 6.00 e. The fourth-order valence-corrected chi connectivity index (χ4v) is 7.86. The number of nitrogens with zero attached hydrogens (tertiary/aromatic N) is 7. The van der Waals surface area contributed by atoms with E-state index in [1.54, 1.807) is 0 Å². The minimum absolute atomic E-state index is 0. The average Bonchev–Trinajstić information content (AvgIpc) is 3.24. The van der Waals surface area contributed by atoms with Crippen LogP contribution in [0, 0.1) is 0 Å². The number of rotatable bonds is 10. The van der Waals surface area contributed by atoms with Gasteiger partial charge in [0.2, 0.25) is 0 Å².